The molecule has 0 saturated heterocycles. The van der Waals surface area contributed by atoms with Crippen LogP contribution in [0.5, 0.6) is 0 Å². The molecule has 0 heterocycles. The molecule has 0 spiro atoms. The van der Waals surface area contributed by atoms with Crippen LogP contribution in [0, 0.1) is 17.8 Å². The molecule has 2 fully saturated rings. The molecule has 1 atom stereocenters. The standard InChI is InChI=1S/C13H25P/c14-10-9-13(11-5-1-2-6-11)12-7-3-4-8-12/h11-13H,1-10,14H2. The van der Waals surface area contributed by atoms with Crippen molar-refractivity contribution in [3.8, 4) is 0 Å². The summed E-state index contributed by atoms with van der Waals surface area (Å²) in [5.74, 6) is 3.31. The molecule has 1 heteroatoms. The second kappa shape index (κ2) is 5.50. The van der Waals surface area contributed by atoms with Crippen molar-refractivity contribution in [3.05, 3.63) is 0 Å². The average molecular weight is 212 g/mol. The van der Waals surface area contributed by atoms with Crippen LogP contribution in [-0.4, -0.2) is 6.16 Å². The summed E-state index contributed by atoms with van der Waals surface area (Å²) in [5, 5.41) is 0. The fourth-order valence-electron chi connectivity index (χ4n) is 3.82. The lowest BCUT2D eigenvalue weighted by Crippen LogP contribution is -2.20. The molecule has 2 aliphatic rings. The van der Waals surface area contributed by atoms with E-state index < -0.39 is 0 Å². The van der Waals surface area contributed by atoms with E-state index in [0.717, 1.165) is 17.8 Å². The molecule has 0 aliphatic heterocycles. The van der Waals surface area contributed by atoms with Crippen LogP contribution in [0.15, 0.2) is 0 Å². The highest BCUT2D eigenvalue weighted by atomic mass is 31.0. The number of rotatable bonds is 4. The van der Waals surface area contributed by atoms with Gasteiger partial charge in [-0.25, -0.2) is 0 Å². The van der Waals surface area contributed by atoms with E-state index >= 15 is 0 Å². The molecule has 0 nitrogen and oxygen atoms in total. The van der Waals surface area contributed by atoms with Crippen LogP contribution in [0.1, 0.15) is 57.8 Å². The summed E-state index contributed by atoms with van der Waals surface area (Å²) in [6.07, 6.45) is 15.1. The number of hydrogen-bond donors (Lipinski definition) is 0. The van der Waals surface area contributed by atoms with Crippen LogP contribution in [0.2, 0.25) is 0 Å². The van der Waals surface area contributed by atoms with E-state index in [2.05, 4.69) is 9.24 Å². The van der Waals surface area contributed by atoms with Gasteiger partial charge in [0.1, 0.15) is 0 Å². The van der Waals surface area contributed by atoms with E-state index in [0.29, 0.717) is 0 Å². The van der Waals surface area contributed by atoms with Gasteiger partial charge >= 0.3 is 0 Å². The van der Waals surface area contributed by atoms with Crippen LogP contribution >= 0.6 is 9.24 Å². The fraction of sp³-hybridized carbons (Fsp3) is 1.00. The van der Waals surface area contributed by atoms with E-state index in [1.54, 1.807) is 25.7 Å². The monoisotopic (exact) mass is 212 g/mol. The van der Waals surface area contributed by atoms with Crippen molar-refractivity contribution in [2.45, 2.75) is 57.8 Å². The molecule has 1 unspecified atom stereocenters. The van der Waals surface area contributed by atoms with Crippen molar-refractivity contribution < 1.29 is 0 Å². The smallest absolute Gasteiger partial charge is 0.0354 e. The summed E-state index contributed by atoms with van der Waals surface area (Å²) in [5.41, 5.74) is 0. The molecule has 0 aromatic heterocycles. The molecule has 0 N–H and O–H groups in total. The van der Waals surface area contributed by atoms with Crippen molar-refractivity contribution in [2.75, 3.05) is 6.16 Å². The molecule has 0 amide bonds. The van der Waals surface area contributed by atoms with Crippen LogP contribution in [0.3, 0.4) is 0 Å². The van der Waals surface area contributed by atoms with Crippen molar-refractivity contribution >= 4 is 9.24 Å². The third-order valence-electron chi connectivity index (χ3n) is 4.51. The maximum absolute atomic E-state index is 2.94. The number of hydrogen-bond acceptors (Lipinski definition) is 0. The second-order valence-corrected chi connectivity index (χ2v) is 5.91. The van der Waals surface area contributed by atoms with Crippen molar-refractivity contribution in [2.24, 2.45) is 17.8 Å². The van der Waals surface area contributed by atoms with Gasteiger partial charge in [0.25, 0.3) is 0 Å². The maximum atomic E-state index is 2.94. The maximum Gasteiger partial charge on any atom is -0.0354 e. The first kappa shape index (κ1) is 10.9. The van der Waals surface area contributed by atoms with Gasteiger partial charge in [0.05, 0.1) is 0 Å². The minimum atomic E-state index is 1.09. The molecular weight excluding hydrogens is 187 g/mol. The normalized spacial score (nSPS) is 25.3. The molecule has 0 aromatic carbocycles. The third-order valence-corrected chi connectivity index (χ3v) is 4.84. The Morgan fingerprint density at radius 1 is 0.857 bits per heavy atom. The van der Waals surface area contributed by atoms with Crippen molar-refractivity contribution in [1.29, 1.82) is 0 Å². The Kier molecular flexibility index (Phi) is 4.29. The summed E-state index contributed by atoms with van der Waals surface area (Å²) in [4.78, 5) is 0. The van der Waals surface area contributed by atoms with Crippen molar-refractivity contribution in [3.63, 3.8) is 0 Å². The summed E-state index contributed by atoms with van der Waals surface area (Å²) < 4.78 is 0. The third kappa shape index (κ3) is 2.51. The highest BCUT2D eigenvalue weighted by Gasteiger charge is 2.32. The molecule has 2 saturated carbocycles. The predicted molar refractivity (Wildman–Crippen MR) is 66.6 cm³/mol. The van der Waals surface area contributed by atoms with Gasteiger partial charge in [-0.15, -0.1) is 9.24 Å². The zero-order valence-electron chi connectivity index (χ0n) is 9.38. The minimum Gasteiger partial charge on any atom is -0.138 e. The summed E-state index contributed by atoms with van der Waals surface area (Å²) in [6, 6.07) is 0. The van der Waals surface area contributed by atoms with E-state index in [-0.39, 0.29) is 0 Å². The Morgan fingerprint density at radius 3 is 1.64 bits per heavy atom. The van der Waals surface area contributed by atoms with Crippen LogP contribution in [0.25, 0.3) is 0 Å². The average Bonchev–Trinajstić information content (AvgIpc) is 2.87. The van der Waals surface area contributed by atoms with E-state index in [1.807, 2.05) is 0 Å². The predicted octanol–water partition coefficient (Wildman–Crippen LogP) is 4.25. The highest BCUT2D eigenvalue weighted by molar-refractivity contribution is 7.16. The molecule has 82 valence electrons. The quantitative estimate of drug-likeness (QED) is 0.611. The summed E-state index contributed by atoms with van der Waals surface area (Å²) in [6.45, 7) is 0. The van der Waals surface area contributed by atoms with Gasteiger partial charge in [-0.2, -0.15) is 0 Å². The molecular formula is C13H25P. The Labute approximate surface area is 91.4 Å². The lowest BCUT2D eigenvalue weighted by atomic mass is 9.78. The Morgan fingerprint density at radius 2 is 1.29 bits per heavy atom. The van der Waals surface area contributed by atoms with Crippen LogP contribution < -0.4 is 0 Å². The molecule has 2 rings (SSSR count). The van der Waals surface area contributed by atoms with Gasteiger partial charge < -0.3 is 0 Å². The van der Waals surface area contributed by atoms with E-state index in [1.165, 1.54) is 38.3 Å². The zero-order valence-corrected chi connectivity index (χ0v) is 10.5. The first-order valence-electron chi connectivity index (χ1n) is 6.62. The van der Waals surface area contributed by atoms with Gasteiger partial charge in [0.2, 0.25) is 0 Å². The molecule has 2 aliphatic carbocycles. The Hall–Kier alpha value is 0.430. The van der Waals surface area contributed by atoms with Gasteiger partial charge in [0, 0.05) is 0 Å². The minimum absolute atomic E-state index is 1.09. The van der Waals surface area contributed by atoms with Crippen LogP contribution in [-0.2, 0) is 0 Å². The van der Waals surface area contributed by atoms with E-state index in [4.69, 9.17) is 0 Å². The van der Waals surface area contributed by atoms with E-state index in [9.17, 15) is 0 Å². The highest BCUT2D eigenvalue weighted by Crippen LogP contribution is 2.43. The second-order valence-electron chi connectivity index (χ2n) is 5.33. The van der Waals surface area contributed by atoms with Crippen molar-refractivity contribution in [1.82, 2.24) is 0 Å². The SMILES string of the molecule is PCCC(C1CCCC1)C1CCCC1. The van der Waals surface area contributed by atoms with Gasteiger partial charge in [0.15, 0.2) is 0 Å². The first-order valence-corrected chi connectivity index (χ1v) is 7.43. The Bertz CT molecular complexity index is 139. The van der Waals surface area contributed by atoms with Gasteiger partial charge in [-0.1, -0.05) is 51.4 Å². The largest absolute Gasteiger partial charge is 0.138 e. The molecule has 14 heavy (non-hydrogen) atoms. The first-order chi connectivity index (χ1) is 6.92. The summed E-state index contributed by atoms with van der Waals surface area (Å²) >= 11 is 0. The van der Waals surface area contributed by atoms with Gasteiger partial charge in [-0.3, -0.25) is 0 Å². The Balaban J connectivity index is 1.91. The van der Waals surface area contributed by atoms with Crippen LogP contribution in [0.4, 0.5) is 0 Å². The topological polar surface area (TPSA) is 0 Å². The molecule has 0 radical (unpaired) electrons. The lowest BCUT2D eigenvalue weighted by molar-refractivity contribution is 0.225. The summed E-state index contributed by atoms with van der Waals surface area (Å²) in [7, 11) is 2.94. The fourth-order valence-corrected chi connectivity index (χ4v) is 4.20. The molecule has 0 bridgehead atoms. The molecule has 0 aromatic rings. The zero-order chi connectivity index (χ0) is 9.80. The van der Waals surface area contributed by atoms with Gasteiger partial charge in [-0.05, 0) is 30.3 Å². The lowest BCUT2D eigenvalue weighted by Gasteiger charge is -2.28.